The molecule has 3 heterocycles. The number of benzene rings is 1. The highest BCUT2D eigenvalue weighted by Gasteiger charge is 2.19. The van der Waals surface area contributed by atoms with Crippen LogP contribution in [0.2, 0.25) is 5.02 Å². The minimum Gasteiger partial charge on any atom is -0.454 e. The highest BCUT2D eigenvalue weighted by atomic mass is 35.5. The fourth-order valence-corrected chi connectivity index (χ4v) is 2.99. The topological polar surface area (TPSA) is 80.3 Å². The second-order valence-electron chi connectivity index (χ2n) is 5.55. The highest BCUT2D eigenvalue weighted by Crippen LogP contribution is 2.37. The van der Waals surface area contributed by atoms with Gasteiger partial charge >= 0.3 is 5.69 Å². The Hall–Kier alpha value is -2.74. The summed E-state index contributed by atoms with van der Waals surface area (Å²) in [7, 11) is 3.02. The standard InChI is InChI=1S/C15H13ClN4O4/c1-18-13-12(14(21)19(2)15(18)22)20(6-17-13)5-8-3-10-11(4-9(8)16)24-7-23-10/h3-4,6H,5,7H2,1-2H3. The number of hydrogen-bond acceptors (Lipinski definition) is 5. The molecule has 3 aromatic rings. The van der Waals surface area contributed by atoms with Crippen molar-refractivity contribution >= 4 is 22.8 Å². The maximum Gasteiger partial charge on any atom is 0.332 e. The predicted octanol–water partition coefficient (Wildman–Crippen LogP) is 0.864. The van der Waals surface area contributed by atoms with Crippen molar-refractivity contribution < 1.29 is 9.47 Å². The summed E-state index contributed by atoms with van der Waals surface area (Å²) in [6.07, 6.45) is 1.52. The summed E-state index contributed by atoms with van der Waals surface area (Å²) >= 11 is 6.30. The average molecular weight is 349 g/mol. The van der Waals surface area contributed by atoms with Crippen molar-refractivity contribution in [3.8, 4) is 11.5 Å². The average Bonchev–Trinajstić information content (AvgIpc) is 3.18. The molecule has 0 saturated carbocycles. The molecule has 1 aliphatic rings. The van der Waals surface area contributed by atoms with Crippen LogP contribution < -0.4 is 20.7 Å². The normalized spacial score (nSPS) is 13.0. The fraction of sp³-hybridized carbons (Fsp3) is 0.267. The molecule has 1 aliphatic heterocycles. The first-order valence-corrected chi connectivity index (χ1v) is 7.54. The summed E-state index contributed by atoms with van der Waals surface area (Å²) in [5, 5.41) is 0.503. The molecule has 8 nitrogen and oxygen atoms in total. The van der Waals surface area contributed by atoms with E-state index in [1.165, 1.54) is 17.9 Å². The van der Waals surface area contributed by atoms with E-state index in [2.05, 4.69) is 4.98 Å². The van der Waals surface area contributed by atoms with E-state index in [0.29, 0.717) is 34.2 Å². The largest absolute Gasteiger partial charge is 0.454 e. The monoisotopic (exact) mass is 348 g/mol. The molecule has 0 radical (unpaired) electrons. The first-order valence-electron chi connectivity index (χ1n) is 7.16. The Bertz CT molecular complexity index is 1100. The number of fused-ring (bicyclic) bond motifs is 2. The molecule has 0 bridgehead atoms. The van der Waals surface area contributed by atoms with Crippen LogP contribution in [0.15, 0.2) is 28.0 Å². The minimum absolute atomic E-state index is 0.159. The third-order valence-electron chi connectivity index (χ3n) is 4.10. The predicted molar refractivity (Wildman–Crippen MR) is 86.9 cm³/mol. The fourth-order valence-electron chi connectivity index (χ4n) is 2.78. The zero-order valence-corrected chi connectivity index (χ0v) is 13.7. The van der Waals surface area contributed by atoms with Gasteiger partial charge < -0.3 is 14.0 Å². The van der Waals surface area contributed by atoms with E-state index >= 15 is 0 Å². The van der Waals surface area contributed by atoms with Gasteiger partial charge in [-0.2, -0.15) is 0 Å². The van der Waals surface area contributed by atoms with Crippen LogP contribution in [-0.2, 0) is 20.6 Å². The van der Waals surface area contributed by atoms with Crippen LogP contribution in [0.25, 0.3) is 11.2 Å². The molecule has 9 heteroatoms. The van der Waals surface area contributed by atoms with Gasteiger partial charge in [0.25, 0.3) is 5.56 Å². The van der Waals surface area contributed by atoms with Gasteiger partial charge in [-0.15, -0.1) is 0 Å². The van der Waals surface area contributed by atoms with E-state index in [4.69, 9.17) is 21.1 Å². The molecule has 0 spiro atoms. The van der Waals surface area contributed by atoms with E-state index in [1.54, 1.807) is 23.7 Å². The molecule has 0 N–H and O–H groups in total. The van der Waals surface area contributed by atoms with Gasteiger partial charge in [-0.25, -0.2) is 9.78 Å². The Morgan fingerprint density at radius 3 is 2.62 bits per heavy atom. The quantitative estimate of drug-likeness (QED) is 0.686. The minimum atomic E-state index is -0.418. The van der Waals surface area contributed by atoms with Gasteiger partial charge in [0.1, 0.15) is 0 Å². The van der Waals surface area contributed by atoms with Crippen molar-refractivity contribution in [3.63, 3.8) is 0 Å². The number of imidazole rings is 1. The SMILES string of the molecule is Cn1c(=O)c2c(ncn2Cc2cc3c(cc2Cl)OCO3)n(C)c1=O. The van der Waals surface area contributed by atoms with Crippen molar-refractivity contribution in [1.29, 1.82) is 0 Å². The molecule has 124 valence electrons. The summed E-state index contributed by atoms with van der Waals surface area (Å²) < 4.78 is 14.7. The van der Waals surface area contributed by atoms with Crippen LogP contribution in [0, 0.1) is 0 Å². The first kappa shape index (κ1) is 14.8. The molecule has 0 fully saturated rings. The van der Waals surface area contributed by atoms with Gasteiger partial charge in [-0.1, -0.05) is 11.6 Å². The highest BCUT2D eigenvalue weighted by molar-refractivity contribution is 6.31. The molecule has 0 atom stereocenters. The Morgan fingerprint density at radius 2 is 1.88 bits per heavy atom. The van der Waals surface area contributed by atoms with Crippen LogP contribution in [-0.4, -0.2) is 25.5 Å². The van der Waals surface area contributed by atoms with E-state index in [9.17, 15) is 9.59 Å². The van der Waals surface area contributed by atoms with Gasteiger partial charge in [-0.05, 0) is 11.6 Å². The summed E-state index contributed by atoms with van der Waals surface area (Å²) in [5.41, 5.74) is 0.616. The summed E-state index contributed by atoms with van der Waals surface area (Å²) in [5.74, 6) is 1.21. The van der Waals surface area contributed by atoms with Gasteiger partial charge in [-0.3, -0.25) is 13.9 Å². The second kappa shape index (κ2) is 5.13. The third-order valence-corrected chi connectivity index (χ3v) is 4.45. The molecular weight excluding hydrogens is 336 g/mol. The molecule has 0 amide bonds. The molecular formula is C15H13ClN4O4. The number of halogens is 1. The summed E-state index contributed by atoms with van der Waals surface area (Å²) in [4.78, 5) is 28.6. The van der Waals surface area contributed by atoms with E-state index in [1.807, 2.05) is 0 Å². The summed E-state index contributed by atoms with van der Waals surface area (Å²) in [6.45, 7) is 0.477. The lowest BCUT2D eigenvalue weighted by Crippen LogP contribution is -2.37. The van der Waals surface area contributed by atoms with Gasteiger partial charge in [0.15, 0.2) is 22.7 Å². The van der Waals surface area contributed by atoms with Crippen LogP contribution in [0.5, 0.6) is 11.5 Å². The molecule has 4 rings (SSSR count). The lowest BCUT2D eigenvalue weighted by Gasteiger charge is -2.09. The van der Waals surface area contributed by atoms with Crippen molar-refractivity contribution in [2.45, 2.75) is 6.54 Å². The number of hydrogen-bond donors (Lipinski definition) is 0. The first-order chi connectivity index (χ1) is 11.5. The molecule has 1 aromatic carbocycles. The molecule has 0 saturated heterocycles. The number of nitrogens with zero attached hydrogens (tertiary/aromatic N) is 4. The van der Waals surface area contributed by atoms with E-state index in [-0.39, 0.29) is 6.79 Å². The maximum absolute atomic E-state index is 12.5. The third kappa shape index (κ3) is 2.03. The van der Waals surface area contributed by atoms with Gasteiger partial charge in [0.2, 0.25) is 6.79 Å². The van der Waals surface area contributed by atoms with Crippen LogP contribution >= 0.6 is 11.6 Å². The number of aromatic nitrogens is 4. The van der Waals surface area contributed by atoms with Crippen molar-refractivity contribution in [3.05, 3.63) is 49.9 Å². The molecule has 0 aliphatic carbocycles. The summed E-state index contributed by atoms with van der Waals surface area (Å²) in [6, 6.07) is 3.47. The van der Waals surface area contributed by atoms with Crippen molar-refractivity contribution in [2.75, 3.05) is 6.79 Å². The Morgan fingerprint density at radius 1 is 1.17 bits per heavy atom. The molecule has 0 unspecified atom stereocenters. The second-order valence-corrected chi connectivity index (χ2v) is 5.95. The smallest absolute Gasteiger partial charge is 0.332 e. The van der Waals surface area contributed by atoms with Gasteiger partial charge in [0, 0.05) is 25.2 Å². The van der Waals surface area contributed by atoms with E-state index < -0.39 is 11.2 Å². The van der Waals surface area contributed by atoms with Gasteiger partial charge in [0.05, 0.1) is 12.9 Å². The van der Waals surface area contributed by atoms with E-state index in [0.717, 1.165) is 10.1 Å². The Labute approximate surface area is 140 Å². The zero-order chi connectivity index (χ0) is 17.0. The Kier molecular flexibility index (Phi) is 3.17. The number of ether oxygens (including phenoxy) is 2. The van der Waals surface area contributed by atoms with Crippen molar-refractivity contribution in [1.82, 2.24) is 18.7 Å². The zero-order valence-electron chi connectivity index (χ0n) is 12.9. The van der Waals surface area contributed by atoms with Crippen LogP contribution in [0.4, 0.5) is 0 Å². The van der Waals surface area contributed by atoms with Crippen LogP contribution in [0.1, 0.15) is 5.56 Å². The Balaban J connectivity index is 1.87. The lowest BCUT2D eigenvalue weighted by atomic mass is 10.2. The van der Waals surface area contributed by atoms with Crippen LogP contribution in [0.3, 0.4) is 0 Å². The maximum atomic E-state index is 12.5. The number of aryl methyl sites for hydroxylation is 1. The molecule has 24 heavy (non-hydrogen) atoms. The number of rotatable bonds is 2. The molecule has 2 aromatic heterocycles. The van der Waals surface area contributed by atoms with Crippen molar-refractivity contribution in [2.24, 2.45) is 14.1 Å². The lowest BCUT2D eigenvalue weighted by molar-refractivity contribution is 0.174.